The molecule has 4 N–H and O–H groups in total. The summed E-state index contributed by atoms with van der Waals surface area (Å²) in [7, 11) is 0. The first-order chi connectivity index (χ1) is 6.93. The van der Waals surface area contributed by atoms with Crippen molar-refractivity contribution >= 4 is 73.5 Å². The van der Waals surface area contributed by atoms with Crippen LogP contribution in [0.4, 0.5) is 0 Å². The van der Waals surface area contributed by atoms with Crippen LogP contribution in [0.5, 0.6) is 0 Å². The second-order valence-corrected chi connectivity index (χ2v) is 2.08. The maximum atomic E-state index is 9.00. The molecule has 0 amide bonds. The Morgan fingerprint density at radius 3 is 0.450 bits per heavy atom. The molecule has 0 aliphatic carbocycles. The van der Waals surface area contributed by atoms with Crippen molar-refractivity contribution in [1.29, 1.82) is 0 Å². The van der Waals surface area contributed by atoms with Gasteiger partial charge in [0.25, 0.3) is 23.9 Å². The predicted molar refractivity (Wildman–Crippen MR) is 82.2 cm³/mol. The molecule has 0 fully saturated rings. The predicted octanol–water partition coefficient (Wildman–Crippen LogP) is 2.05. The van der Waals surface area contributed by atoms with Gasteiger partial charge >= 0.3 is 0 Å². The first-order valence-electron chi connectivity index (χ1n) is 3.71. The van der Waals surface area contributed by atoms with Crippen molar-refractivity contribution in [3.05, 3.63) is 0 Å². The van der Waals surface area contributed by atoms with Gasteiger partial charge in [-0.15, -0.1) is 49.6 Å². The zero-order chi connectivity index (χ0) is 14.3. The van der Waals surface area contributed by atoms with E-state index in [4.69, 9.17) is 39.6 Å². The monoisotopic (exact) mass is 384 g/mol. The molecule has 0 aliphatic rings. The fourth-order valence-corrected chi connectivity index (χ4v) is 0. The molecule has 0 bridgehead atoms. The molecule has 0 spiro atoms. The number of carboxylic acids is 4. The first-order valence-corrected chi connectivity index (χ1v) is 3.71. The van der Waals surface area contributed by atoms with Crippen LogP contribution in [-0.4, -0.2) is 44.3 Å². The van der Waals surface area contributed by atoms with Crippen LogP contribution >= 0.6 is 49.6 Å². The first kappa shape index (κ1) is 50.8. The number of carbonyl (C=O) groups is 4. The molecule has 0 saturated carbocycles. The molecule has 0 aromatic carbocycles. The number of halogens is 4. The van der Waals surface area contributed by atoms with Crippen molar-refractivity contribution in [3.63, 3.8) is 0 Å². The van der Waals surface area contributed by atoms with Gasteiger partial charge in [0.1, 0.15) is 0 Å². The molecule has 8 nitrogen and oxygen atoms in total. The van der Waals surface area contributed by atoms with Gasteiger partial charge in [0.15, 0.2) is 0 Å². The molecule has 20 heavy (non-hydrogen) atoms. The number of hydrogen-bond acceptors (Lipinski definition) is 4. The largest absolute Gasteiger partial charge is 0.481 e. The zero-order valence-corrected chi connectivity index (χ0v) is 14.3. The second kappa shape index (κ2) is 43.0. The summed E-state index contributed by atoms with van der Waals surface area (Å²) < 4.78 is 0. The Morgan fingerprint density at radius 2 is 0.450 bits per heavy atom. The summed E-state index contributed by atoms with van der Waals surface area (Å²) >= 11 is 0. The molecule has 128 valence electrons. The van der Waals surface area contributed by atoms with Gasteiger partial charge in [-0.1, -0.05) is 0 Å². The van der Waals surface area contributed by atoms with Crippen molar-refractivity contribution in [3.8, 4) is 0 Å². The van der Waals surface area contributed by atoms with E-state index in [1.807, 2.05) is 0 Å². The average molecular weight is 386 g/mol. The lowest BCUT2D eigenvalue weighted by Crippen LogP contribution is -1.78. The van der Waals surface area contributed by atoms with E-state index in [2.05, 4.69) is 0 Å². The number of rotatable bonds is 0. The smallest absolute Gasteiger partial charge is 0.300 e. The summed E-state index contributed by atoms with van der Waals surface area (Å²) in [6, 6.07) is 0. The van der Waals surface area contributed by atoms with E-state index in [1.54, 1.807) is 0 Å². The Labute approximate surface area is 141 Å². The van der Waals surface area contributed by atoms with Crippen LogP contribution in [0.3, 0.4) is 0 Å². The molecule has 0 aromatic heterocycles. The molecule has 0 radical (unpaired) electrons. The van der Waals surface area contributed by atoms with Crippen LogP contribution in [0, 0.1) is 0 Å². The molecule has 0 atom stereocenters. The van der Waals surface area contributed by atoms with Gasteiger partial charge in [-0.3, -0.25) is 19.2 Å². The maximum absolute atomic E-state index is 9.00. The van der Waals surface area contributed by atoms with Crippen molar-refractivity contribution in [1.82, 2.24) is 0 Å². The van der Waals surface area contributed by atoms with Crippen molar-refractivity contribution in [2.45, 2.75) is 27.7 Å². The molecule has 12 heteroatoms. The van der Waals surface area contributed by atoms with Crippen LogP contribution in [0.1, 0.15) is 27.7 Å². The maximum Gasteiger partial charge on any atom is 0.300 e. The fourth-order valence-electron chi connectivity index (χ4n) is 0. The van der Waals surface area contributed by atoms with Gasteiger partial charge in [-0.2, -0.15) is 0 Å². The lowest BCUT2D eigenvalue weighted by atomic mass is 10.9. The summed E-state index contributed by atoms with van der Waals surface area (Å²) in [5.74, 6) is -3.33. The Hall–Kier alpha value is -0.960. The second-order valence-electron chi connectivity index (χ2n) is 2.08. The highest BCUT2D eigenvalue weighted by Gasteiger charge is 1.66. The molecule has 0 aromatic rings. The average Bonchev–Trinajstić information content (AvgIpc) is 1.76. The van der Waals surface area contributed by atoms with E-state index in [0.717, 1.165) is 27.7 Å². The summed E-state index contributed by atoms with van der Waals surface area (Å²) in [5, 5.41) is 29.7. The van der Waals surface area contributed by atoms with E-state index in [0.29, 0.717) is 0 Å². The minimum atomic E-state index is -0.833. The zero-order valence-electron chi connectivity index (χ0n) is 11.1. The van der Waals surface area contributed by atoms with E-state index < -0.39 is 23.9 Å². The van der Waals surface area contributed by atoms with Gasteiger partial charge in [-0.05, 0) is 0 Å². The Kier molecular flexibility index (Phi) is 109. The summed E-state index contributed by atoms with van der Waals surface area (Å²) in [6.07, 6.45) is 0. The van der Waals surface area contributed by atoms with Crippen LogP contribution in [-0.2, 0) is 19.2 Å². The molecule has 0 unspecified atom stereocenters. The third-order valence-corrected chi connectivity index (χ3v) is 0. The van der Waals surface area contributed by atoms with Gasteiger partial charge in [0, 0.05) is 27.7 Å². The van der Waals surface area contributed by atoms with Crippen LogP contribution in [0.2, 0.25) is 0 Å². The lowest BCUT2D eigenvalue weighted by Gasteiger charge is -1.59. The minimum Gasteiger partial charge on any atom is -0.481 e. The van der Waals surface area contributed by atoms with Crippen molar-refractivity contribution < 1.29 is 39.6 Å². The fraction of sp³-hybridized carbons (Fsp3) is 0.500. The highest BCUT2D eigenvalue weighted by molar-refractivity contribution is 5.86. The minimum absolute atomic E-state index is 0. The third-order valence-electron chi connectivity index (χ3n) is 0. The van der Waals surface area contributed by atoms with Gasteiger partial charge < -0.3 is 20.4 Å². The molecule has 0 rings (SSSR count). The molecule has 0 aliphatic heterocycles. The quantitative estimate of drug-likeness (QED) is 0.494. The van der Waals surface area contributed by atoms with E-state index in [9.17, 15) is 0 Å². The Morgan fingerprint density at radius 1 is 0.450 bits per heavy atom. The summed E-state index contributed by atoms with van der Waals surface area (Å²) in [4.78, 5) is 36.0. The molecular formula is C8H20Cl4O8. The number of carboxylic acid groups (broad SMARTS) is 4. The molecular weight excluding hydrogens is 366 g/mol. The van der Waals surface area contributed by atoms with Crippen LogP contribution in [0.15, 0.2) is 0 Å². The van der Waals surface area contributed by atoms with Crippen LogP contribution < -0.4 is 0 Å². The van der Waals surface area contributed by atoms with Gasteiger partial charge in [0.2, 0.25) is 0 Å². The highest BCUT2D eigenvalue weighted by atomic mass is 35.5. The molecule has 0 saturated heterocycles. The van der Waals surface area contributed by atoms with E-state index in [1.165, 1.54) is 0 Å². The number of hydrogen-bond donors (Lipinski definition) is 4. The highest BCUT2D eigenvalue weighted by Crippen LogP contribution is 1.43. The van der Waals surface area contributed by atoms with Crippen molar-refractivity contribution in [2.75, 3.05) is 0 Å². The van der Waals surface area contributed by atoms with Gasteiger partial charge in [0.05, 0.1) is 0 Å². The van der Waals surface area contributed by atoms with E-state index >= 15 is 0 Å². The third kappa shape index (κ3) is 4760. The van der Waals surface area contributed by atoms with Gasteiger partial charge in [-0.25, -0.2) is 0 Å². The summed E-state index contributed by atoms with van der Waals surface area (Å²) in [5.41, 5.74) is 0. The van der Waals surface area contributed by atoms with E-state index in [-0.39, 0.29) is 49.6 Å². The topological polar surface area (TPSA) is 149 Å². The normalized spacial score (nSPS) is 5.00. The number of aliphatic carboxylic acids is 4. The standard InChI is InChI=1S/4C2H4O2.4ClH/c4*1-2(3)4;;;;/h4*1H3,(H,3,4);4*1H. The Bertz CT molecular complexity index is 171. The van der Waals surface area contributed by atoms with Crippen molar-refractivity contribution in [2.24, 2.45) is 0 Å². The van der Waals surface area contributed by atoms with Crippen LogP contribution in [0.25, 0.3) is 0 Å². The summed E-state index contributed by atoms with van der Waals surface area (Å²) in [6.45, 7) is 4.33. The lowest BCUT2D eigenvalue weighted by molar-refractivity contribution is -0.135. The molecule has 0 heterocycles. The Balaban J connectivity index is -0.0000000150. The SMILES string of the molecule is CC(=O)O.CC(=O)O.CC(=O)O.CC(=O)O.Cl.Cl.Cl.Cl.